The third-order valence-corrected chi connectivity index (χ3v) is 5.41. The molecule has 10 heteroatoms. The number of hydrogen-bond donors (Lipinski definition) is 2. The van der Waals surface area contributed by atoms with Crippen molar-refractivity contribution in [1.82, 2.24) is 25.3 Å². The molecule has 1 fully saturated rings. The van der Waals surface area contributed by atoms with Crippen LogP contribution in [0.3, 0.4) is 0 Å². The second-order valence-corrected chi connectivity index (χ2v) is 7.59. The van der Waals surface area contributed by atoms with E-state index in [1.807, 2.05) is 13.0 Å². The lowest BCUT2D eigenvalue weighted by Gasteiger charge is -2.15. The summed E-state index contributed by atoms with van der Waals surface area (Å²) >= 11 is 0. The number of aromatic amines is 2. The van der Waals surface area contributed by atoms with E-state index in [-0.39, 0.29) is 24.2 Å². The number of benzene rings is 1. The van der Waals surface area contributed by atoms with Crippen LogP contribution in [0, 0.1) is 6.92 Å². The van der Waals surface area contributed by atoms with Crippen molar-refractivity contribution in [1.29, 1.82) is 0 Å². The molecule has 2 N–H and O–H groups in total. The summed E-state index contributed by atoms with van der Waals surface area (Å²) < 4.78 is 43.8. The highest BCUT2D eigenvalue weighted by Crippen LogP contribution is 2.31. The zero-order valence-corrected chi connectivity index (χ0v) is 16.9. The van der Waals surface area contributed by atoms with E-state index in [0.29, 0.717) is 25.1 Å². The maximum absolute atomic E-state index is 12.8. The normalized spacial score (nSPS) is 16.6. The standard InChI is InChI=1S/C21H22F3N5O2/c1-13-18(11-25-26-13)20(30)29-7-5-14(12-29)19-10-16(27-28-19)6-8-31-17-4-2-3-15(9-17)21(22,23)24/h2-4,9-11,14H,5-8,12H2,1H3,(H,25,26)(H,27,28)/t14-/m1/s1. The molecule has 1 atom stereocenters. The average Bonchev–Trinajstić information content (AvgIpc) is 3.47. The highest BCUT2D eigenvalue weighted by molar-refractivity contribution is 5.95. The van der Waals surface area contributed by atoms with Crippen molar-refractivity contribution in [3.8, 4) is 5.75 Å². The van der Waals surface area contributed by atoms with E-state index < -0.39 is 11.7 Å². The van der Waals surface area contributed by atoms with Gasteiger partial charge in [-0.1, -0.05) is 6.07 Å². The van der Waals surface area contributed by atoms with Crippen molar-refractivity contribution in [2.75, 3.05) is 19.7 Å². The molecular formula is C21H22F3N5O2. The second-order valence-electron chi connectivity index (χ2n) is 7.59. The van der Waals surface area contributed by atoms with Gasteiger partial charge in [0.1, 0.15) is 5.75 Å². The number of nitrogens with one attached hydrogen (secondary N) is 2. The number of carbonyl (C=O) groups excluding carboxylic acids is 1. The molecule has 4 rings (SSSR count). The first-order valence-electron chi connectivity index (χ1n) is 9.95. The van der Waals surface area contributed by atoms with Crippen LogP contribution in [-0.4, -0.2) is 50.9 Å². The minimum absolute atomic E-state index is 0.0426. The zero-order valence-electron chi connectivity index (χ0n) is 16.9. The Hall–Kier alpha value is -3.30. The highest BCUT2D eigenvalue weighted by atomic mass is 19.4. The Morgan fingerprint density at radius 1 is 1.29 bits per heavy atom. The number of carbonyl (C=O) groups is 1. The predicted molar refractivity (Wildman–Crippen MR) is 106 cm³/mol. The summed E-state index contributed by atoms with van der Waals surface area (Å²) in [5, 5.41) is 14.0. The Morgan fingerprint density at radius 2 is 2.13 bits per heavy atom. The molecule has 0 saturated carbocycles. The summed E-state index contributed by atoms with van der Waals surface area (Å²) in [7, 11) is 0. The number of aryl methyl sites for hydroxylation is 1. The number of H-pyrrole nitrogens is 2. The Kier molecular flexibility index (Phi) is 5.71. The van der Waals surface area contributed by atoms with Crippen molar-refractivity contribution >= 4 is 5.91 Å². The van der Waals surface area contributed by atoms with Crippen molar-refractivity contribution < 1.29 is 22.7 Å². The van der Waals surface area contributed by atoms with Gasteiger partial charge in [0.25, 0.3) is 5.91 Å². The molecule has 1 aromatic carbocycles. The number of rotatable bonds is 6. The molecule has 0 unspecified atom stereocenters. The monoisotopic (exact) mass is 433 g/mol. The van der Waals surface area contributed by atoms with Gasteiger partial charge in [-0.15, -0.1) is 0 Å². The number of alkyl halides is 3. The third kappa shape index (κ3) is 4.73. The fourth-order valence-corrected chi connectivity index (χ4v) is 3.68. The average molecular weight is 433 g/mol. The third-order valence-electron chi connectivity index (χ3n) is 5.41. The van der Waals surface area contributed by atoms with E-state index in [4.69, 9.17) is 4.74 Å². The van der Waals surface area contributed by atoms with Crippen LogP contribution in [0.15, 0.2) is 36.5 Å². The van der Waals surface area contributed by atoms with Crippen molar-refractivity contribution in [3.63, 3.8) is 0 Å². The van der Waals surface area contributed by atoms with Gasteiger partial charge in [-0.2, -0.15) is 23.4 Å². The van der Waals surface area contributed by atoms with E-state index in [1.165, 1.54) is 12.1 Å². The molecule has 0 spiro atoms. The highest BCUT2D eigenvalue weighted by Gasteiger charge is 2.31. The van der Waals surface area contributed by atoms with Gasteiger partial charge < -0.3 is 9.64 Å². The van der Waals surface area contributed by atoms with Gasteiger partial charge in [0.05, 0.1) is 29.6 Å². The summed E-state index contributed by atoms with van der Waals surface area (Å²) in [6.07, 6.45) is -1.56. The zero-order chi connectivity index (χ0) is 22.0. The van der Waals surface area contributed by atoms with Crippen LogP contribution in [0.2, 0.25) is 0 Å². The first-order chi connectivity index (χ1) is 14.8. The minimum atomic E-state index is -4.40. The smallest absolute Gasteiger partial charge is 0.416 e. The minimum Gasteiger partial charge on any atom is -0.493 e. The first-order valence-corrected chi connectivity index (χ1v) is 9.95. The van der Waals surface area contributed by atoms with Crippen LogP contribution in [0.1, 0.15) is 45.3 Å². The fourth-order valence-electron chi connectivity index (χ4n) is 3.68. The lowest BCUT2D eigenvalue weighted by molar-refractivity contribution is -0.137. The lowest BCUT2D eigenvalue weighted by Crippen LogP contribution is -2.28. The van der Waals surface area contributed by atoms with Gasteiger partial charge in [-0.25, -0.2) is 0 Å². The van der Waals surface area contributed by atoms with Crippen molar-refractivity contribution in [2.24, 2.45) is 0 Å². The molecule has 1 amide bonds. The second kappa shape index (κ2) is 8.44. The van der Waals surface area contributed by atoms with Crippen LogP contribution >= 0.6 is 0 Å². The van der Waals surface area contributed by atoms with Gasteiger partial charge in [-0.3, -0.25) is 15.0 Å². The van der Waals surface area contributed by atoms with E-state index in [0.717, 1.165) is 35.6 Å². The number of halogens is 3. The molecule has 1 saturated heterocycles. The van der Waals surface area contributed by atoms with E-state index in [1.54, 1.807) is 11.1 Å². The summed E-state index contributed by atoms with van der Waals surface area (Å²) in [6, 6.07) is 6.75. The van der Waals surface area contributed by atoms with E-state index in [9.17, 15) is 18.0 Å². The van der Waals surface area contributed by atoms with Gasteiger partial charge in [0.15, 0.2) is 0 Å². The summed E-state index contributed by atoms with van der Waals surface area (Å²) in [5.41, 5.74) is 2.29. The maximum Gasteiger partial charge on any atom is 0.416 e. The van der Waals surface area contributed by atoms with E-state index >= 15 is 0 Å². The molecule has 164 valence electrons. The molecule has 0 bridgehead atoms. The Bertz CT molecular complexity index is 1060. The number of aromatic nitrogens is 4. The Morgan fingerprint density at radius 3 is 2.87 bits per heavy atom. The lowest BCUT2D eigenvalue weighted by atomic mass is 10.0. The van der Waals surface area contributed by atoms with Gasteiger partial charge in [0, 0.05) is 36.8 Å². The van der Waals surface area contributed by atoms with Crippen LogP contribution in [0.5, 0.6) is 5.75 Å². The molecule has 7 nitrogen and oxygen atoms in total. The van der Waals surface area contributed by atoms with Crippen LogP contribution in [-0.2, 0) is 12.6 Å². The van der Waals surface area contributed by atoms with Crippen molar-refractivity contribution in [3.05, 3.63) is 64.7 Å². The van der Waals surface area contributed by atoms with Crippen LogP contribution < -0.4 is 4.74 Å². The molecule has 1 aliphatic rings. The molecule has 3 heterocycles. The Labute approximate surface area is 176 Å². The van der Waals surface area contributed by atoms with Crippen LogP contribution in [0.4, 0.5) is 13.2 Å². The molecule has 3 aromatic rings. The molecule has 0 aliphatic carbocycles. The molecular weight excluding hydrogens is 411 g/mol. The summed E-state index contributed by atoms with van der Waals surface area (Å²) in [4.78, 5) is 14.4. The van der Waals surface area contributed by atoms with E-state index in [2.05, 4.69) is 20.4 Å². The first kappa shape index (κ1) is 21.0. The maximum atomic E-state index is 12.8. The molecule has 1 aliphatic heterocycles. The number of hydrogen-bond acceptors (Lipinski definition) is 4. The van der Waals surface area contributed by atoms with Gasteiger partial charge in [0.2, 0.25) is 0 Å². The molecule has 31 heavy (non-hydrogen) atoms. The largest absolute Gasteiger partial charge is 0.493 e. The molecule has 2 aromatic heterocycles. The predicted octanol–water partition coefficient (Wildman–Crippen LogP) is 3.71. The number of likely N-dealkylation sites (tertiary alicyclic amines) is 1. The topological polar surface area (TPSA) is 86.9 Å². The van der Waals surface area contributed by atoms with Crippen molar-refractivity contribution in [2.45, 2.75) is 31.9 Å². The fraction of sp³-hybridized carbons (Fsp3) is 0.381. The SMILES string of the molecule is Cc1[nH]ncc1C(=O)N1CC[C@@H](c2cc(CCOc3cccc(C(F)(F)F)c3)[nH]n2)C1. The Balaban J connectivity index is 1.30. The van der Waals surface area contributed by atoms with Crippen LogP contribution in [0.25, 0.3) is 0 Å². The number of amides is 1. The van der Waals surface area contributed by atoms with Gasteiger partial charge >= 0.3 is 6.18 Å². The number of nitrogens with zero attached hydrogens (tertiary/aromatic N) is 3. The van der Waals surface area contributed by atoms with Gasteiger partial charge in [-0.05, 0) is 37.6 Å². The molecule has 0 radical (unpaired) electrons. The summed E-state index contributed by atoms with van der Waals surface area (Å²) in [6.45, 7) is 3.26. The quantitative estimate of drug-likeness (QED) is 0.621. The summed E-state index contributed by atoms with van der Waals surface area (Å²) in [5.74, 6) is 0.263. The number of ether oxygens (including phenoxy) is 1.